The Kier molecular flexibility index (Phi) is 4.94. The van der Waals surface area contributed by atoms with E-state index < -0.39 is 6.10 Å². The molecular formula is C7H15NO2. The van der Waals surface area contributed by atoms with Crippen LogP contribution in [0.15, 0.2) is 0 Å². The van der Waals surface area contributed by atoms with E-state index in [1.54, 1.807) is 6.92 Å². The highest BCUT2D eigenvalue weighted by Crippen LogP contribution is 1.85. The summed E-state index contributed by atoms with van der Waals surface area (Å²) < 4.78 is 0. The summed E-state index contributed by atoms with van der Waals surface area (Å²) in [5, 5.41) is 11.3. The summed E-state index contributed by atoms with van der Waals surface area (Å²) in [6, 6.07) is 0. The van der Waals surface area contributed by atoms with Crippen LogP contribution in [-0.4, -0.2) is 23.7 Å². The van der Waals surface area contributed by atoms with E-state index in [9.17, 15) is 4.79 Å². The SMILES string of the molecule is CCCC(=O)NC[C@@H](C)O. The van der Waals surface area contributed by atoms with Gasteiger partial charge in [-0.3, -0.25) is 4.79 Å². The van der Waals surface area contributed by atoms with Crippen molar-refractivity contribution in [2.24, 2.45) is 0 Å². The lowest BCUT2D eigenvalue weighted by molar-refractivity contribution is -0.121. The number of amides is 1. The molecule has 0 aromatic heterocycles. The van der Waals surface area contributed by atoms with Gasteiger partial charge in [0.2, 0.25) is 5.91 Å². The summed E-state index contributed by atoms with van der Waals surface area (Å²) in [6.45, 7) is 3.95. The molecule has 3 heteroatoms. The standard InChI is InChI=1S/C7H15NO2/c1-3-4-7(10)8-5-6(2)9/h6,9H,3-5H2,1-2H3,(H,8,10)/t6-/m1/s1. The zero-order valence-corrected chi connectivity index (χ0v) is 6.55. The van der Waals surface area contributed by atoms with Crippen LogP contribution in [0.2, 0.25) is 0 Å². The third-order valence-electron chi connectivity index (χ3n) is 1.07. The zero-order chi connectivity index (χ0) is 7.98. The van der Waals surface area contributed by atoms with Gasteiger partial charge in [0, 0.05) is 13.0 Å². The van der Waals surface area contributed by atoms with Gasteiger partial charge in [-0.1, -0.05) is 6.92 Å². The van der Waals surface area contributed by atoms with Gasteiger partial charge in [-0.2, -0.15) is 0 Å². The Labute approximate surface area is 61.4 Å². The zero-order valence-electron chi connectivity index (χ0n) is 6.55. The van der Waals surface area contributed by atoms with Gasteiger partial charge in [0.05, 0.1) is 6.10 Å². The predicted molar refractivity (Wildman–Crippen MR) is 39.6 cm³/mol. The van der Waals surface area contributed by atoms with Crippen LogP contribution in [0, 0.1) is 0 Å². The van der Waals surface area contributed by atoms with Crippen LogP contribution in [0.4, 0.5) is 0 Å². The molecule has 0 heterocycles. The molecule has 0 aliphatic rings. The Bertz CT molecular complexity index is 102. The van der Waals surface area contributed by atoms with Crippen molar-refractivity contribution in [1.29, 1.82) is 0 Å². The van der Waals surface area contributed by atoms with Crippen LogP contribution in [0.3, 0.4) is 0 Å². The number of carbonyl (C=O) groups is 1. The molecule has 60 valence electrons. The van der Waals surface area contributed by atoms with Gasteiger partial charge in [-0.25, -0.2) is 0 Å². The van der Waals surface area contributed by atoms with Gasteiger partial charge in [0.15, 0.2) is 0 Å². The van der Waals surface area contributed by atoms with E-state index in [1.165, 1.54) is 0 Å². The third-order valence-corrected chi connectivity index (χ3v) is 1.07. The first kappa shape index (κ1) is 9.43. The van der Waals surface area contributed by atoms with Crippen molar-refractivity contribution in [3.8, 4) is 0 Å². The fourth-order valence-corrected chi connectivity index (χ4v) is 0.577. The fraction of sp³-hybridized carbons (Fsp3) is 0.857. The highest BCUT2D eigenvalue weighted by atomic mass is 16.3. The minimum Gasteiger partial charge on any atom is -0.392 e. The van der Waals surface area contributed by atoms with Gasteiger partial charge in [0.25, 0.3) is 0 Å². The maximum atomic E-state index is 10.7. The lowest BCUT2D eigenvalue weighted by Gasteiger charge is -2.05. The van der Waals surface area contributed by atoms with Crippen LogP contribution in [0.25, 0.3) is 0 Å². The van der Waals surface area contributed by atoms with Crippen LogP contribution in [0.1, 0.15) is 26.7 Å². The van der Waals surface area contributed by atoms with E-state index in [2.05, 4.69) is 5.32 Å². The molecule has 0 aliphatic heterocycles. The summed E-state index contributed by atoms with van der Waals surface area (Å²) >= 11 is 0. The first-order valence-electron chi connectivity index (χ1n) is 3.61. The summed E-state index contributed by atoms with van der Waals surface area (Å²) in [4.78, 5) is 10.7. The van der Waals surface area contributed by atoms with E-state index in [0.29, 0.717) is 13.0 Å². The van der Waals surface area contributed by atoms with Crippen molar-refractivity contribution >= 4 is 5.91 Å². The van der Waals surface area contributed by atoms with Crippen molar-refractivity contribution in [2.75, 3.05) is 6.54 Å². The normalized spacial score (nSPS) is 12.7. The molecular weight excluding hydrogens is 130 g/mol. The van der Waals surface area contributed by atoms with Crippen LogP contribution < -0.4 is 5.32 Å². The van der Waals surface area contributed by atoms with E-state index in [0.717, 1.165) is 6.42 Å². The molecule has 0 fully saturated rings. The number of carbonyl (C=O) groups excluding carboxylic acids is 1. The summed E-state index contributed by atoms with van der Waals surface area (Å²) in [5.41, 5.74) is 0. The topological polar surface area (TPSA) is 49.3 Å². The van der Waals surface area contributed by atoms with Gasteiger partial charge in [-0.15, -0.1) is 0 Å². The average molecular weight is 145 g/mol. The van der Waals surface area contributed by atoms with Crippen molar-refractivity contribution in [1.82, 2.24) is 5.32 Å². The quantitative estimate of drug-likeness (QED) is 0.597. The number of hydrogen-bond donors (Lipinski definition) is 2. The van der Waals surface area contributed by atoms with Crippen LogP contribution in [0.5, 0.6) is 0 Å². The number of aliphatic hydroxyl groups excluding tert-OH is 1. The average Bonchev–Trinajstić information content (AvgIpc) is 1.85. The second-order valence-electron chi connectivity index (χ2n) is 2.40. The van der Waals surface area contributed by atoms with Gasteiger partial charge in [-0.05, 0) is 13.3 Å². The molecule has 0 spiro atoms. The van der Waals surface area contributed by atoms with Crippen LogP contribution >= 0.6 is 0 Å². The smallest absolute Gasteiger partial charge is 0.220 e. The molecule has 0 saturated heterocycles. The first-order chi connectivity index (χ1) is 4.66. The van der Waals surface area contributed by atoms with Gasteiger partial charge in [0.1, 0.15) is 0 Å². The molecule has 0 aliphatic carbocycles. The Hall–Kier alpha value is -0.570. The molecule has 0 rings (SSSR count). The predicted octanol–water partition coefficient (Wildman–Crippen LogP) is 0.283. The minimum absolute atomic E-state index is 0.0170. The number of aliphatic hydroxyl groups is 1. The minimum atomic E-state index is -0.444. The maximum absolute atomic E-state index is 10.7. The fourth-order valence-electron chi connectivity index (χ4n) is 0.577. The molecule has 0 bridgehead atoms. The van der Waals surface area contributed by atoms with E-state index in [-0.39, 0.29) is 5.91 Å². The lowest BCUT2D eigenvalue weighted by atomic mass is 10.3. The molecule has 0 aromatic rings. The largest absolute Gasteiger partial charge is 0.392 e. The Morgan fingerprint density at radius 2 is 2.30 bits per heavy atom. The molecule has 3 nitrogen and oxygen atoms in total. The van der Waals surface area contributed by atoms with Crippen molar-refractivity contribution in [3.63, 3.8) is 0 Å². The summed E-state index contributed by atoms with van der Waals surface area (Å²) in [6.07, 6.45) is 0.957. The Morgan fingerprint density at radius 3 is 2.70 bits per heavy atom. The molecule has 0 aromatic carbocycles. The first-order valence-corrected chi connectivity index (χ1v) is 3.61. The second-order valence-corrected chi connectivity index (χ2v) is 2.40. The molecule has 2 N–H and O–H groups in total. The molecule has 0 saturated carbocycles. The third kappa shape index (κ3) is 5.56. The van der Waals surface area contributed by atoms with Crippen molar-refractivity contribution in [3.05, 3.63) is 0 Å². The van der Waals surface area contributed by atoms with E-state index >= 15 is 0 Å². The van der Waals surface area contributed by atoms with Crippen molar-refractivity contribution in [2.45, 2.75) is 32.8 Å². The number of nitrogens with one attached hydrogen (secondary N) is 1. The molecule has 0 radical (unpaired) electrons. The second kappa shape index (κ2) is 5.23. The van der Waals surface area contributed by atoms with Crippen LogP contribution in [-0.2, 0) is 4.79 Å². The Morgan fingerprint density at radius 1 is 1.70 bits per heavy atom. The highest BCUT2D eigenvalue weighted by Gasteiger charge is 1.99. The van der Waals surface area contributed by atoms with E-state index in [1.807, 2.05) is 6.92 Å². The monoisotopic (exact) mass is 145 g/mol. The Balaban J connectivity index is 3.22. The highest BCUT2D eigenvalue weighted by molar-refractivity contribution is 5.75. The molecule has 10 heavy (non-hydrogen) atoms. The van der Waals surface area contributed by atoms with Crippen molar-refractivity contribution < 1.29 is 9.90 Å². The van der Waals surface area contributed by atoms with Gasteiger partial charge < -0.3 is 10.4 Å². The maximum Gasteiger partial charge on any atom is 0.220 e. The lowest BCUT2D eigenvalue weighted by Crippen LogP contribution is -2.30. The summed E-state index contributed by atoms with van der Waals surface area (Å²) in [5.74, 6) is 0.0170. The van der Waals surface area contributed by atoms with Gasteiger partial charge >= 0.3 is 0 Å². The number of rotatable bonds is 4. The molecule has 1 atom stereocenters. The molecule has 1 amide bonds. The van der Waals surface area contributed by atoms with E-state index in [4.69, 9.17) is 5.11 Å². The number of hydrogen-bond acceptors (Lipinski definition) is 2. The summed E-state index contributed by atoms with van der Waals surface area (Å²) in [7, 11) is 0. The molecule has 0 unspecified atom stereocenters.